The number of hydrogen-bond donors (Lipinski definition) is 1. The van der Waals surface area contributed by atoms with Gasteiger partial charge in [-0.15, -0.1) is 0 Å². The molecule has 8 heteroatoms. The average molecular weight is 420 g/mol. The third kappa shape index (κ3) is 5.46. The molecule has 2 aromatic rings. The monoisotopic (exact) mass is 419 g/mol. The van der Waals surface area contributed by atoms with Crippen LogP contribution in [0.5, 0.6) is 0 Å². The molecule has 158 valence electrons. The molecule has 0 bridgehead atoms. The molecule has 3 rings (SSSR count). The van der Waals surface area contributed by atoms with E-state index in [-0.39, 0.29) is 16.8 Å². The van der Waals surface area contributed by atoms with Gasteiger partial charge >= 0.3 is 0 Å². The molecule has 1 fully saturated rings. The van der Waals surface area contributed by atoms with Crippen LogP contribution in [0.25, 0.3) is 0 Å². The van der Waals surface area contributed by atoms with E-state index in [9.17, 15) is 13.2 Å². The van der Waals surface area contributed by atoms with E-state index in [4.69, 9.17) is 4.42 Å². The fourth-order valence-electron chi connectivity index (χ4n) is 3.58. The maximum absolute atomic E-state index is 13.3. The second kappa shape index (κ2) is 9.11. The summed E-state index contributed by atoms with van der Waals surface area (Å²) in [5.41, 5.74) is 0.972. The zero-order valence-electron chi connectivity index (χ0n) is 17.2. The minimum atomic E-state index is -3.79. The molecule has 0 unspecified atom stereocenters. The molecule has 1 atom stereocenters. The zero-order chi connectivity index (χ0) is 21.0. The molecule has 1 aliphatic rings. The quantitative estimate of drug-likeness (QED) is 0.745. The molecule has 1 aromatic heterocycles. The summed E-state index contributed by atoms with van der Waals surface area (Å²) >= 11 is 0. The van der Waals surface area contributed by atoms with Crippen molar-refractivity contribution >= 4 is 15.9 Å². The van der Waals surface area contributed by atoms with Gasteiger partial charge in [-0.1, -0.05) is 17.7 Å². The lowest BCUT2D eigenvalue weighted by Gasteiger charge is -2.38. The summed E-state index contributed by atoms with van der Waals surface area (Å²) in [5, 5.41) is 0. The second-order valence-corrected chi connectivity index (χ2v) is 9.45. The van der Waals surface area contributed by atoms with E-state index in [1.807, 2.05) is 13.0 Å². The number of nitrogens with zero attached hydrogens (tertiary/aromatic N) is 2. The van der Waals surface area contributed by atoms with Crippen LogP contribution in [0.4, 0.5) is 0 Å². The van der Waals surface area contributed by atoms with Gasteiger partial charge in [0.05, 0.1) is 23.7 Å². The molecule has 0 spiro atoms. The van der Waals surface area contributed by atoms with Crippen molar-refractivity contribution in [1.82, 2.24) is 14.5 Å². The number of nitrogens with one attached hydrogen (secondary N) is 1. The molecule has 1 amide bonds. The van der Waals surface area contributed by atoms with Crippen molar-refractivity contribution in [3.63, 3.8) is 0 Å². The third-order valence-electron chi connectivity index (χ3n) is 5.35. The van der Waals surface area contributed by atoms with E-state index in [2.05, 4.69) is 16.7 Å². The molecule has 0 aliphatic carbocycles. The predicted octanol–water partition coefficient (Wildman–Crippen LogP) is 2.38. The molecule has 0 saturated carbocycles. The Morgan fingerprint density at radius 3 is 2.48 bits per heavy atom. The number of amides is 1. The Balaban J connectivity index is 1.76. The second-order valence-electron chi connectivity index (χ2n) is 7.74. The van der Waals surface area contributed by atoms with Crippen molar-refractivity contribution in [2.75, 3.05) is 20.1 Å². The summed E-state index contributed by atoms with van der Waals surface area (Å²) in [6.07, 6.45) is 3.27. The number of sulfonamides is 1. The van der Waals surface area contributed by atoms with Crippen LogP contribution in [0, 0.1) is 6.92 Å². The zero-order valence-corrected chi connectivity index (χ0v) is 18.0. The molecule has 1 aromatic carbocycles. The summed E-state index contributed by atoms with van der Waals surface area (Å²) < 4.78 is 33.4. The highest BCUT2D eigenvalue weighted by molar-refractivity contribution is 7.89. The molecular weight excluding hydrogens is 390 g/mol. The van der Waals surface area contributed by atoms with Gasteiger partial charge in [-0.25, -0.2) is 8.42 Å². The number of hydrogen-bond acceptors (Lipinski definition) is 5. The van der Waals surface area contributed by atoms with Crippen LogP contribution in [0.2, 0.25) is 0 Å². The van der Waals surface area contributed by atoms with Crippen molar-refractivity contribution in [1.29, 1.82) is 0 Å². The number of carbonyl (C=O) groups is 1. The van der Waals surface area contributed by atoms with Crippen molar-refractivity contribution in [2.24, 2.45) is 0 Å². The Morgan fingerprint density at radius 1 is 1.24 bits per heavy atom. The van der Waals surface area contributed by atoms with Gasteiger partial charge in [-0.05, 0) is 71.1 Å². The third-order valence-corrected chi connectivity index (χ3v) is 6.91. The highest BCUT2D eigenvalue weighted by atomic mass is 32.2. The van der Waals surface area contributed by atoms with Crippen LogP contribution in [0.15, 0.2) is 52.0 Å². The van der Waals surface area contributed by atoms with Crippen molar-refractivity contribution in [3.05, 3.63) is 54.0 Å². The minimum absolute atomic E-state index is 0.0510. The SMILES string of the molecule is Cc1ccc(S(=O)(=O)N[C@@H](C)C(=O)N(Cc2ccco2)C2CCN(C)CC2)cc1. The number of rotatable bonds is 7. The van der Waals surface area contributed by atoms with Crippen LogP contribution < -0.4 is 4.72 Å². The fourth-order valence-corrected chi connectivity index (χ4v) is 4.78. The molecule has 29 heavy (non-hydrogen) atoms. The highest BCUT2D eigenvalue weighted by Crippen LogP contribution is 2.20. The lowest BCUT2D eigenvalue weighted by molar-refractivity contribution is -0.137. The molecule has 7 nitrogen and oxygen atoms in total. The fraction of sp³-hybridized carbons (Fsp3) is 0.476. The van der Waals surface area contributed by atoms with Crippen LogP contribution >= 0.6 is 0 Å². The highest BCUT2D eigenvalue weighted by Gasteiger charge is 2.32. The van der Waals surface area contributed by atoms with Crippen LogP contribution in [0.1, 0.15) is 31.1 Å². The number of aryl methyl sites for hydroxylation is 1. The predicted molar refractivity (Wildman–Crippen MR) is 111 cm³/mol. The number of carbonyl (C=O) groups excluding carboxylic acids is 1. The normalized spacial score (nSPS) is 17.2. The number of piperidine rings is 1. The van der Waals surface area contributed by atoms with Crippen molar-refractivity contribution < 1.29 is 17.6 Å². The van der Waals surface area contributed by atoms with Crippen LogP contribution in [-0.2, 0) is 21.4 Å². The first-order valence-corrected chi connectivity index (χ1v) is 11.3. The Morgan fingerprint density at radius 2 is 1.90 bits per heavy atom. The van der Waals surface area contributed by atoms with E-state index < -0.39 is 16.1 Å². The first-order chi connectivity index (χ1) is 13.8. The topological polar surface area (TPSA) is 82.9 Å². The minimum Gasteiger partial charge on any atom is -0.467 e. The molecule has 1 N–H and O–H groups in total. The molecule has 0 radical (unpaired) electrons. The van der Waals surface area contributed by atoms with Gasteiger partial charge in [-0.3, -0.25) is 4.79 Å². The number of furan rings is 1. The van der Waals surface area contributed by atoms with Gasteiger partial charge in [0.1, 0.15) is 5.76 Å². The Kier molecular flexibility index (Phi) is 6.77. The van der Waals surface area contributed by atoms with Gasteiger partial charge in [0.15, 0.2) is 0 Å². The first kappa shape index (κ1) is 21.5. The lowest BCUT2D eigenvalue weighted by Crippen LogP contribution is -2.52. The molecule has 1 aliphatic heterocycles. The van der Waals surface area contributed by atoms with Gasteiger partial charge in [0, 0.05) is 6.04 Å². The van der Waals surface area contributed by atoms with E-state index in [1.165, 1.54) is 0 Å². The van der Waals surface area contributed by atoms with E-state index in [0.29, 0.717) is 12.3 Å². The Labute approximate surface area is 172 Å². The van der Waals surface area contributed by atoms with Crippen LogP contribution in [-0.4, -0.2) is 56.3 Å². The standard InChI is InChI=1S/C21H29N3O4S/c1-16-6-8-20(9-7-16)29(26,27)22-17(2)21(25)24(15-19-5-4-14-28-19)18-10-12-23(3)13-11-18/h4-9,14,17-18,22H,10-13,15H2,1-3H3/t17-/m0/s1. The summed E-state index contributed by atoms with van der Waals surface area (Å²) in [6.45, 7) is 5.62. The van der Waals surface area contributed by atoms with E-state index in [0.717, 1.165) is 31.5 Å². The van der Waals surface area contributed by atoms with E-state index in [1.54, 1.807) is 48.4 Å². The summed E-state index contributed by atoms with van der Waals surface area (Å²) in [6, 6.07) is 9.36. The van der Waals surface area contributed by atoms with Gasteiger partial charge in [-0.2, -0.15) is 4.72 Å². The molecule has 1 saturated heterocycles. The maximum atomic E-state index is 13.3. The Bertz CT molecular complexity index is 902. The van der Waals surface area contributed by atoms with Gasteiger partial charge in [0.2, 0.25) is 15.9 Å². The van der Waals surface area contributed by atoms with Crippen molar-refractivity contribution in [2.45, 2.75) is 50.2 Å². The Hall–Kier alpha value is -2.16. The average Bonchev–Trinajstić information content (AvgIpc) is 3.19. The van der Waals surface area contributed by atoms with Gasteiger partial charge < -0.3 is 14.2 Å². The maximum Gasteiger partial charge on any atom is 0.241 e. The lowest BCUT2D eigenvalue weighted by atomic mass is 10.0. The number of likely N-dealkylation sites (tertiary alicyclic amines) is 1. The van der Waals surface area contributed by atoms with Crippen molar-refractivity contribution in [3.8, 4) is 0 Å². The van der Waals surface area contributed by atoms with Crippen LogP contribution in [0.3, 0.4) is 0 Å². The summed E-state index contributed by atoms with van der Waals surface area (Å²) in [5.74, 6) is 0.442. The molecular formula is C21H29N3O4S. The largest absolute Gasteiger partial charge is 0.467 e. The first-order valence-electron chi connectivity index (χ1n) is 9.86. The summed E-state index contributed by atoms with van der Waals surface area (Å²) in [4.78, 5) is 17.4. The van der Waals surface area contributed by atoms with Gasteiger partial charge in [0.25, 0.3) is 0 Å². The smallest absolute Gasteiger partial charge is 0.241 e. The van der Waals surface area contributed by atoms with E-state index >= 15 is 0 Å². The summed E-state index contributed by atoms with van der Waals surface area (Å²) in [7, 11) is -1.72. The number of benzene rings is 1. The molecule has 2 heterocycles.